The zero-order chi connectivity index (χ0) is 34.3. The standard InChI is InChI=1S/C30H48O17/c1-10(31)43-9-22-25(40)26(41)28(47-29(42)12-3-16(34)23(38)17(35)4-12)30(46-22)45-21-5-11(2-18(36)24(21)39)27-19(37)8-14-15(33)6-13(32)7-20(14)44-27/h11-28,30,32-41H,2-9H2,1H3/p+1/t11?,12?,13?,14?,15?,16?,17?,18?,19?,20?,21?,22-,23?,24?,25-,26+,27?,28-,30-/m0/s1. The minimum atomic E-state index is -1.86. The van der Waals surface area contributed by atoms with Gasteiger partial charge in [0.1, 0.15) is 43.2 Å². The maximum atomic E-state index is 13.2. The van der Waals surface area contributed by atoms with Crippen LogP contribution in [0.3, 0.4) is 0 Å². The third-order valence-corrected chi connectivity index (χ3v) is 10.5. The van der Waals surface area contributed by atoms with Gasteiger partial charge in [0, 0.05) is 25.7 Å². The van der Waals surface area contributed by atoms with Gasteiger partial charge in [0.15, 0.2) is 24.6 Å². The van der Waals surface area contributed by atoms with E-state index in [9.17, 15) is 60.7 Å². The molecule has 11 N–H and O–H groups in total. The second kappa shape index (κ2) is 15.1. The van der Waals surface area contributed by atoms with E-state index in [0.717, 1.165) is 6.92 Å². The van der Waals surface area contributed by atoms with Crippen LogP contribution in [-0.2, 0) is 28.5 Å². The largest absolute Gasteiger partial charge is 0.463 e. The molecule has 2 aliphatic heterocycles. The quantitative estimate of drug-likeness (QED) is 0.0890. The normalized spacial score (nSPS) is 50.7. The molecule has 5 rings (SSSR count). The van der Waals surface area contributed by atoms with Crippen molar-refractivity contribution >= 4 is 11.9 Å². The Bertz CT molecular complexity index is 1070. The van der Waals surface area contributed by atoms with Gasteiger partial charge in [-0.3, -0.25) is 9.59 Å². The van der Waals surface area contributed by atoms with Gasteiger partial charge >= 0.3 is 11.9 Å². The molecule has 2 heterocycles. The summed E-state index contributed by atoms with van der Waals surface area (Å²) in [4.78, 5) is 24.6. The lowest BCUT2D eigenvalue weighted by Gasteiger charge is -2.48. The molecule has 0 radical (unpaired) electrons. The van der Waals surface area contributed by atoms with E-state index < -0.39 is 128 Å². The fraction of sp³-hybridized carbons (Fsp3) is 0.933. The van der Waals surface area contributed by atoms with E-state index in [4.69, 9.17) is 23.7 Å². The van der Waals surface area contributed by atoms with Crippen LogP contribution in [0.4, 0.5) is 0 Å². The molecular formula is C30H49O17+. The minimum Gasteiger partial charge on any atom is -0.463 e. The van der Waals surface area contributed by atoms with Crippen LogP contribution in [-0.4, -0.2) is 172 Å². The van der Waals surface area contributed by atoms with Crippen LogP contribution >= 0.6 is 0 Å². The highest BCUT2D eigenvalue weighted by Crippen LogP contribution is 2.41. The maximum Gasteiger partial charge on any atom is 0.309 e. The number of ether oxygens (including phenoxy) is 5. The predicted octanol–water partition coefficient (Wildman–Crippen LogP) is -4.92. The molecule has 17 atom stereocenters. The molecule has 0 spiro atoms. The summed E-state index contributed by atoms with van der Waals surface area (Å²) in [6, 6.07) is 0. The fourth-order valence-electron chi connectivity index (χ4n) is 7.85. The van der Waals surface area contributed by atoms with Crippen molar-refractivity contribution in [2.75, 3.05) is 6.61 Å². The van der Waals surface area contributed by atoms with Gasteiger partial charge in [-0.2, -0.15) is 0 Å². The number of hydrogen-bond acceptors (Lipinski definition) is 16. The smallest absolute Gasteiger partial charge is 0.309 e. The molecule has 17 nitrogen and oxygen atoms in total. The molecule has 5 fully saturated rings. The van der Waals surface area contributed by atoms with Gasteiger partial charge in [-0.05, 0) is 32.1 Å². The predicted molar refractivity (Wildman–Crippen MR) is 153 cm³/mol. The lowest BCUT2D eigenvalue weighted by molar-refractivity contribution is -0.333. The molecule has 17 heteroatoms. The number of rotatable bonds is 7. The Kier molecular flexibility index (Phi) is 11.8. The lowest BCUT2D eigenvalue weighted by Crippen LogP contribution is -2.63. The van der Waals surface area contributed by atoms with Crippen molar-refractivity contribution in [1.29, 1.82) is 0 Å². The average molecular weight is 682 g/mol. The van der Waals surface area contributed by atoms with Crippen molar-refractivity contribution in [3.8, 4) is 0 Å². The van der Waals surface area contributed by atoms with Gasteiger partial charge in [-0.15, -0.1) is 0 Å². The summed E-state index contributed by atoms with van der Waals surface area (Å²) in [6.45, 7) is 0.606. The molecule has 2 saturated heterocycles. The second-order valence-electron chi connectivity index (χ2n) is 13.9. The number of aliphatic hydroxyl groups excluding tert-OH is 10. The molecule has 0 amide bonds. The van der Waals surface area contributed by atoms with E-state index in [0.29, 0.717) is 6.42 Å². The van der Waals surface area contributed by atoms with Crippen molar-refractivity contribution in [3.63, 3.8) is 0 Å². The number of esters is 2. The molecule has 0 aromatic heterocycles. The Morgan fingerprint density at radius 1 is 0.723 bits per heavy atom. The summed E-state index contributed by atoms with van der Waals surface area (Å²) in [5.74, 6) is -3.69. The summed E-state index contributed by atoms with van der Waals surface area (Å²) in [5.41, 5.74) is 0. The van der Waals surface area contributed by atoms with E-state index in [1.165, 1.54) is 0 Å². The van der Waals surface area contributed by atoms with Crippen LogP contribution in [0.5, 0.6) is 0 Å². The Morgan fingerprint density at radius 3 is 2.04 bits per heavy atom. The summed E-state index contributed by atoms with van der Waals surface area (Å²) in [6.07, 6.45) is -20.3. The van der Waals surface area contributed by atoms with E-state index >= 15 is 0 Å². The van der Waals surface area contributed by atoms with Gasteiger partial charge in [-0.1, -0.05) is 0 Å². The maximum absolute atomic E-state index is 13.2. The highest BCUT2D eigenvalue weighted by molar-refractivity contribution is 5.73. The van der Waals surface area contributed by atoms with Crippen molar-refractivity contribution in [2.45, 2.75) is 150 Å². The number of carbonyl (C=O) groups is 2. The summed E-state index contributed by atoms with van der Waals surface area (Å²) in [7, 11) is 0. The summed E-state index contributed by atoms with van der Waals surface area (Å²) >= 11 is 0. The average Bonchev–Trinajstić information content (AvgIpc) is 3.00. The molecule has 47 heavy (non-hydrogen) atoms. The Morgan fingerprint density at radius 2 is 1.38 bits per heavy atom. The Hall–Kier alpha value is -1.58. The molecule has 0 aromatic rings. The first-order chi connectivity index (χ1) is 22.1. The number of carbonyl (C=O) groups excluding carboxylic acids is 2. The Balaban J connectivity index is 1.33. The lowest BCUT2D eigenvalue weighted by atomic mass is 9.72. The first-order valence-electron chi connectivity index (χ1n) is 16.3. The molecule has 0 aromatic carbocycles. The van der Waals surface area contributed by atoms with Crippen molar-refractivity contribution in [1.82, 2.24) is 0 Å². The van der Waals surface area contributed by atoms with E-state index in [2.05, 4.69) is 0 Å². The monoisotopic (exact) mass is 681 g/mol. The number of aliphatic hydroxyl groups is 12. The van der Waals surface area contributed by atoms with Gasteiger partial charge in [0.05, 0.1) is 48.5 Å². The van der Waals surface area contributed by atoms with Crippen molar-refractivity contribution in [3.05, 3.63) is 0 Å². The van der Waals surface area contributed by atoms with Gasteiger partial charge in [0.25, 0.3) is 0 Å². The Labute approximate surface area is 270 Å². The first kappa shape index (κ1) is 36.7. The van der Waals surface area contributed by atoms with Gasteiger partial charge in [0.2, 0.25) is 0 Å². The van der Waals surface area contributed by atoms with E-state index in [-0.39, 0.29) is 44.4 Å². The summed E-state index contributed by atoms with van der Waals surface area (Å²) < 4.78 is 27.1. The highest BCUT2D eigenvalue weighted by Gasteiger charge is 2.55. The highest BCUT2D eigenvalue weighted by atomic mass is 16.7. The van der Waals surface area contributed by atoms with Crippen LogP contribution in [0.15, 0.2) is 0 Å². The van der Waals surface area contributed by atoms with Crippen molar-refractivity contribution < 1.29 is 84.3 Å². The minimum absolute atomic E-state index is 0.0125. The molecule has 3 saturated carbocycles. The topological polar surface area (TPSA) is 286 Å². The second-order valence-corrected chi connectivity index (χ2v) is 13.9. The van der Waals surface area contributed by atoms with E-state index in [1.807, 2.05) is 0 Å². The number of hydrogen-bond donors (Lipinski definition) is 10. The zero-order valence-electron chi connectivity index (χ0n) is 26.0. The van der Waals surface area contributed by atoms with Gasteiger partial charge in [-0.25, -0.2) is 0 Å². The zero-order valence-corrected chi connectivity index (χ0v) is 26.0. The molecule has 0 bridgehead atoms. The van der Waals surface area contributed by atoms with Crippen LogP contribution in [0, 0.1) is 17.8 Å². The molecule has 12 unspecified atom stereocenters. The number of fused-ring (bicyclic) bond motifs is 1. The molecule has 5 aliphatic rings. The van der Waals surface area contributed by atoms with Gasteiger partial charge < -0.3 is 74.7 Å². The third-order valence-electron chi connectivity index (χ3n) is 10.5. The summed E-state index contributed by atoms with van der Waals surface area (Å²) in [5, 5.41) is 105. The third kappa shape index (κ3) is 8.09. The molecule has 3 aliphatic carbocycles. The van der Waals surface area contributed by atoms with Crippen LogP contribution < -0.4 is 0 Å². The molecular weight excluding hydrogens is 632 g/mol. The van der Waals surface area contributed by atoms with Crippen LogP contribution in [0.2, 0.25) is 0 Å². The van der Waals surface area contributed by atoms with Crippen LogP contribution in [0.1, 0.15) is 51.9 Å². The van der Waals surface area contributed by atoms with Crippen LogP contribution in [0.25, 0.3) is 0 Å². The molecule has 270 valence electrons. The SMILES string of the molecule is CC(=O)OC[C@@H]1O[C@H](OC2CC(C3[OH+]C4CC(O)CC(O)C4CC3O)CC(O)C2O)[C@@H](OC(=O)C2CC(O)C(O)C(O)C2)[C@H](O)[C@H]1O. The first-order valence-corrected chi connectivity index (χ1v) is 16.3. The van der Waals surface area contributed by atoms with Crippen molar-refractivity contribution in [2.24, 2.45) is 17.8 Å². The van der Waals surface area contributed by atoms with E-state index in [1.54, 1.807) is 0 Å². The fourth-order valence-corrected chi connectivity index (χ4v) is 7.85.